The van der Waals surface area contributed by atoms with Gasteiger partial charge in [0.15, 0.2) is 11.6 Å². The van der Waals surface area contributed by atoms with E-state index in [1.807, 2.05) is 42.2 Å². The standard InChI is InChI=1S/C13H15FN4/c1-2-18(9-10-6-4-3-5-7-10)13-16-8-11(14)12(15)17-13/h3-8H,2,9H2,1H3,(H2,15,16,17). The summed E-state index contributed by atoms with van der Waals surface area (Å²) in [5.74, 6) is -0.263. The second-order valence-corrected chi connectivity index (χ2v) is 3.90. The van der Waals surface area contributed by atoms with Gasteiger partial charge in [0.2, 0.25) is 5.95 Å². The normalized spacial score (nSPS) is 10.3. The zero-order valence-electron chi connectivity index (χ0n) is 10.2. The molecule has 5 heteroatoms. The zero-order valence-corrected chi connectivity index (χ0v) is 10.2. The summed E-state index contributed by atoms with van der Waals surface area (Å²) in [6.07, 6.45) is 1.10. The monoisotopic (exact) mass is 246 g/mol. The Morgan fingerprint density at radius 3 is 2.61 bits per heavy atom. The summed E-state index contributed by atoms with van der Waals surface area (Å²) in [4.78, 5) is 9.86. The van der Waals surface area contributed by atoms with Gasteiger partial charge < -0.3 is 10.6 Å². The van der Waals surface area contributed by atoms with Crippen LogP contribution in [0.25, 0.3) is 0 Å². The maximum absolute atomic E-state index is 13.0. The largest absolute Gasteiger partial charge is 0.381 e. The van der Waals surface area contributed by atoms with E-state index in [0.717, 1.165) is 18.3 Å². The molecule has 1 aromatic carbocycles. The molecule has 1 heterocycles. The highest BCUT2D eigenvalue weighted by atomic mass is 19.1. The van der Waals surface area contributed by atoms with Crippen LogP contribution in [0.1, 0.15) is 12.5 Å². The Morgan fingerprint density at radius 1 is 1.28 bits per heavy atom. The van der Waals surface area contributed by atoms with Gasteiger partial charge in [-0.25, -0.2) is 9.37 Å². The summed E-state index contributed by atoms with van der Waals surface area (Å²) in [6, 6.07) is 9.96. The summed E-state index contributed by atoms with van der Waals surface area (Å²) >= 11 is 0. The quantitative estimate of drug-likeness (QED) is 0.898. The van der Waals surface area contributed by atoms with Crippen molar-refractivity contribution in [2.24, 2.45) is 0 Å². The minimum absolute atomic E-state index is 0.119. The number of aromatic nitrogens is 2. The van der Waals surface area contributed by atoms with Gasteiger partial charge in [-0.3, -0.25) is 0 Å². The van der Waals surface area contributed by atoms with Gasteiger partial charge in [-0.15, -0.1) is 0 Å². The average molecular weight is 246 g/mol. The third-order valence-electron chi connectivity index (χ3n) is 2.64. The molecule has 0 unspecified atom stereocenters. The molecule has 0 radical (unpaired) electrons. The first-order chi connectivity index (χ1) is 8.70. The van der Waals surface area contributed by atoms with Crippen LogP contribution in [0.4, 0.5) is 16.2 Å². The molecule has 0 spiro atoms. The average Bonchev–Trinajstić information content (AvgIpc) is 2.40. The molecule has 0 aliphatic heterocycles. The van der Waals surface area contributed by atoms with Gasteiger partial charge >= 0.3 is 0 Å². The molecule has 0 aliphatic rings. The highest BCUT2D eigenvalue weighted by Gasteiger charge is 2.10. The SMILES string of the molecule is CCN(Cc1ccccc1)c1ncc(F)c(N)n1. The fourth-order valence-corrected chi connectivity index (χ4v) is 1.65. The molecule has 4 nitrogen and oxygen atoms in total. The number of nitrogens with zero attached hydrogens (tertiary/aromatic N) is 3. The van der Waals surface area contributed by atoms with Gasteiger partial charge in [-0.05, 0) is 12.5 Å². The van der Waals surface area contributed by atoms with Gasteiger partial charge in [0.05, 0.1) is 6.20 Å². The van der Waals surface area contributed by atoms with Crippen molar-refractivity contribution in [3.8, 4) is 0 Å². The number of hydrogen-bond donors (Lipinski definition) is 1. The van der Waals surface area contributed by atoms with Gasteiger partial charge in [0.1, 0.15) is 0 Å². The molecule has 2 N–H and O–H groups in total. The summed E-state index contributed by atoms with van der Waals surface area (Å²) < 4.78 is 13.0. The summed E-state index contributed by atoms with van der Waals surface area (Å²) in [5.41, 5.74) is 6.60. The molecule has 1 aromatic heterocycles. The first kappa shape index (κ1) is 12.3. The van der Waals surface area contributed by atoms with Crippen molar-refractivity contribution in [3.05, 3.63) is 47.9 Å². The topological polar surface area (TPSA) is 55.0 Å². The van der Waals surface area contributed by atoms with Crippen molar-refractivity contribution in [2.45, 2.75) is 13.5 Å². The Balaban J connectivity index is 2.20. The summed E-state index contributed by atoms with van der Waals surface area (Å²) in [6.45, 7) is 3.38. The Hall–Kier alpha value is -2.17. The smallest absolute Gasteiger partial charge is 0.227 e. The molecule has 94 valence electrons. The first-order valence-corrected chi connectivity index (χ1v) is 5.77. The van der Waals surface area contributed by atoms with Crippen molar-refractivity contribution in [3.63, 3.8) is 0 Å². The van der Waals surface area contributed by atoms with Crippen LogP contribution in [0.5, 0.6) is 0 Å². The Kier molecular flexibility index (Phi) is 3.72. The molecule has 0 saturated heterocycles. The maximum Gasteiger partial charge on any atom is 0.227 e. The number of hydrogen-bond acceptors (Lipinski definition) is 4. The minimum Gasteiger partial charge on any atom is -0.381 e. The van der Waals surface area contributed by atoms with E-state index in [1.165, 1.54) is 0 Å². The van der Waals surface area contributed by atoms with Gasteiger partial charge in [-0.1, -0.05) is 30.3 Å². The number of halogens is 1. The Bertz CT molecular complexity index is 516. The lowest BCUT2D eigenvalue weighted by atomic mass is 10.2. The van der Waals surface area contributed by atoms with Gasteiger partial charge in [0, 0.05) is 13.1 Å². The Labute approximate surface area is 105 Å². The molecular weight excluding hydrogens is 231 g/mol. The lowest BCUT2D eigenvalue weighted by Crippen LogP contribution is -2.24. The first-order valence-electron chi connectivity index (χ1n) is 5.77. The lowest BCUT2D eigenvalue weighted by Gasteiger charge is -2.20. The van der Waals surface area contributed by atoms with Crippen molar-refractivity contribution in [1.82, 2.24) is 9.97 Å². The third-order valence-corrected chi connectivity index (χ3v) is 2.64. The molecule has 0 atom stereocenters. The second-order valence-electron chi connectivity index (χ2n) is 3.90. The molecule has 0 amide bonds. The highest BCUT2D eigenvalue weighted by molar-refractivity contribution is 5.39. The van der Waals surface area contributed by atoms with Crippen molar-refractivity contribution >= 4 is 11.8 Å². The highest BCUT2D eigenvalue weighted by Crippen LogP contribution is 2.14. The lowest BCUT2D eigenvalue weighted by molar-refractivity contribution is 0.617. The van der Waals surface area contributed by atoms with Crippen LogP contribution in [0.3, 0.4) is 0 Å². The van der Waals surface area contributed by atoms with E-state index in [4.69, 9.17) is 5.73 Å². The fourth-order valence-electron chi connectivity index (χ4n) is 1.65. The summed E-state index contributed by atoms with van der Waals surface area (Å²) in [7, 11) is 0. The Morgan fingerprint density at radius 2 is 2.00 bits per heavy atom. The van der Waals surface area contributed by atoms with Gasteiger partial charge in [0.25, 0.3) is 0 Å². The third kappa shape index (κ3) is 2.74. The van der Waals surface area contributed by atoms with Crippen molar-refractivity contribution in [2.75, 3.05) is 17.2 Å². The van der Waals surface area contributed by atoms with Crippen molar-refractivity contribution < 1.29 is 4.39 Å². The molecular formula is C13H15FN4. The van der Waals surface area contributed by atoms with Crippen LogP contribution < -0.4 is 10.6 Å². The fraction of sp³-hybridized carbons (Fsp3) is 0.231. The minimum atomic E-state index is -0.588. The van der Waals surface area contributed by atoms with Crippen LogP contribution in [0.2, 0.25) is 0 Å². The van der Waals surface area contributed by atoms with E-state index in [-0.39, 0.29) is 5.82 Å². The van der Waals surface area contributed by atoms with Crippen LogP contribution in [0, 0.1) is 5.82 Å². The van der Waals surface area contributed by atoms with Crippen LogP contribution in [-0.4, -0.2) is 16.5 Å². The molecule has 0 saturated carbocycles. The van der Waals surface area contributed by atoms with E-state index >= 15 is 0 Å². The summed E-state index contributed by atoms with van der Waals surface area (Å²) in [5, 5.41) is 0. The van der Waals surface area contributed by atoms with E-state index in [9.17, 15) is 4.39 Å². The predicted molar refractivity (Wildman–Crippen MR) is 69.6 cm³/mol. The van der Waals surface area contributed by atoms with Crippen LogP contribution in [-0.2, 0) is 6.54 Å². The van der Waals surface area contributed by atoms with E-state index in [0.29, 0.717) is 12.5 Å². The molecule has 2 aromatic rings. The molecule has 18 heavy (non-hydrogen) atoms. The second kappa shape index (κ2) is 5.44. The van der Waals surface area contributed by atoms with E-state index < -0.39 is 5.82 Å². The van der Waals surface area contributed by atoms with E-state index in [1.54, 1.807) is 0 Å². The predicted octanol–water partition coefficient (Wildman–Crippen LogP) is 2.22. The molecule has 2 rings (SSSR count). The number of nitrogen functional groups attached to an aromatic ring is 1. The van der Waals surface area contributed by atoms with Crippen LogP contribution >= 0.6 is 0 Å². The molecule has 0 aliphatic carbocycles. The van der Waals surface area contributed by atoms with Crippen LogP contribution in [0.15, 0.2) is 36.5 Å². The zero-order chi connectivity index (χ0) is 13.0. The number of benzene rings is 1. The number of rotatable bonds is 4. The number of anilines is 2. The number of nitrogens with two attached hydrogens (primary N) is 1. The molecule has 0 bridgehead atoms. The maximum atomic E-state index is 13.0. The van der Waals surface area contributed by atoms with Gasteiger partial charge in [-0.2, -0.15) is 4.98 Å². The molecule has 0 fully saturated rings. The van der Waals surface area contributed by atoms with E-state index in [2.05, 4.69) is 9.97 Å². The van der Waals surface area contributed by atoms with Crippen molar-refractivity contribution in [1.29, 1.82) is 0 Å².